The first kappa shape index (κ1) is 17.3. The Morgan fingerprint density at radius 3 is 2.27 bits per heavy atom. The third kappa shape index (κ3) is 4.66. The molecule has 1 aromatic rings. The van der Waals surface area contributed by atoms with Gasteiger partial charge in [0.1, 0.15) is 11.5 Å². The number of hydrogen-bond donors (Lipinski definition) is 4. The molecule has 0 atom stereocenters. The third-order valence-electron chi connectivity index (χ3n) is 3.04. The second-order valence-electron chi connectivity index (χ2n) is 4.76. The van der Waals surface area contributed by atoms with Crippen LogP contribution in [0.3, 0.4) is 0 Å². The smallest absolute Gasteiger partial charge is 0.243 e. The Kier molecular flexibility index (Phi) is 6.19. The molecule has 0 aliphatic heterocycles. The van der Waals surface area contributed by atoms with E-state index in [2.05, 4.69) is 17.2 Å². The summed E-state index contributed by atoms with van der Waals surface area (Å²) in [5, 5.41) is 24.9. The van der Waals surface area contributed by atoms with E-state index < -0.39 is 5.91 Å². The Balaban J connectivity index is 2.60. The molecule has 0 radical (unpaired) electrons. The second-order valence-corrected chi connectivity index (χ2v) is 4.76. The maximum atomic E-state index is 11.6. The standard InChI is InChI=1S/C16H20N2O4/c1-4-13(19)17-7-5-6-14(20)18-9-12-15(21)10(2)8-11(3)16(12)22/h4-6,8,21-22H,1,7,9H2,2-3H3,(H,17,19)(H,18,20)/b6-5+. The van der Waals surface area contributed by atoms with Crippen molar-refractivity contribution >= 4 is 11.8 Å². The van der Waals surface area contributed by atoms with Crippen molar-refractivity contribution in [2.75, 3.05) is 6.54 Å². The number of phenolic OH excluding ortho intramolecular Hbond substituents is 2. The Hall–Kier alpha value is -2.76. The summed E-state index contributed by atoms with van der Waals surface area (Å²) in [7, 11) is 0. The number of nitrogens with one attached hydrogen (secondary N) is 2. The van der Waals surface area contributed by atoms with Gasteiger partial charge in [0.05, 0.1) is 12.1 Å². The molecule has 0 bridgehead atoms. The van der Waals surface area contributed by atoms with Gasteiger partial charge < -0.3 is 20.8 Å². The van der Waals surface area contributed by atoms with Crippen LogP contribution in [0, 0.1) is 13.8 Å². The topological polar surface area (TPSA) is 98.7 Å². The van der Waals surface area contributed by atoms with E-state index in [0.717, 1.165) is 6.08 Å². The van der Waals surface area contributed by atoms with E-state index in [1.807, 2.05) is 0 Å². The lowest BCUT2D eigenvalue weighted by molar-refractivity contribution is -0.117. The van der Waals surface area contributed by atoms with Gasteiger partial charge in [-0.1, -0.05) is 12.7 Å². The fourth-order valence-electron chi connectivity index (χ4n) is 1.85. The van der Waals surface area contributed by atoms with Crippen LogP contribution in [0.4, 0.5) is 0 Å². The lowest BCUT2D eigenvalue weighted by Crippen LogP contribution is -2.23. The first-order valence-corrected chi connectivity index (χ1v) is 6.72. The molecule has 0 unspecified atom stereocenters. The maximum Gasteiger partial charge on any atom is 0.243 e. The molecule has 0 aliphatic carbocycles. The van der Waals surface area contributed by atoms with E-state index in [4.69, 9.17) is 0 Å². The van der Waals surface area contributed by atoms with Gasteiger partial charge in [-0.3, -0.25) is 9.59 Å². The average Bonchev–Trinajstić information content (AvgIpc) is 2.49. The molecule has 0 aromatic heterocycles. The summed E-state index contributed by atoms with van der Waals surface area (Å²) in [6.07, 6.45) is 3.89. The molecule has 0 heterocycles. The highest BCUT2D eigenvalue weighted by atomic mass is 16.3. The van der Waals surface area contributed by atoms with Crippen LogP contribution in [-0.4, -0.2) is 28.6 Å². The van der Waals surface area contributed by atoms with Crippen LogP contribution in [0.25, 0.3) is 0 Å². The molecule has 6 nitrogen and oxygen atoms in total. The number of carbonyl (C=O) groups excluding carboxylic acids is 2. The molecular formula is C16H20N2O4. The number of phenols is 2. The van der Waals surface area contributed by atoms with Crippen LogP contribution in [0.5, 0.6) is 11.5 Å². The number of hydrogen-bond acceptors (Lipinski definition) is 4. The van der Waals surface area contributed by atoms with E-state index in [0.29, 0.717) is 11.1 Å². The van der Waals surface area contributed by atoms with Crippen LogP contribution >= 0.6 is 0 Å². The largest absolute Gasteiger partial charge is 0.507 e. The molecule has 1 rings (SSSR count). The van der Waals surface area contributed by atoms with Crippen molar-refractivity contribution in [2.45, 2.75) is 20.4 Å². The Labute approximate surface area is 129 Å². The minimum Gasteiger partial charge on any atom is -0.507 e. The van der Waals surface area contributed by atoms with Crippen molar-refractivity contribution < 1.29 is 19.8 Å². The number of rotatable bonds is 6. The average molecular weight is 304 g/mol. The van der Waals surface area contributed by atoms with Crippen molar-refractivity contribution in [3.05, 3.63) is 47.6 Å². The molecule has 22 heavy (non-hydrogen) atoms. The van der Waals surface area contributed by atoms with Crippen LogP contribution in [0.15, 0.2) is 30.9 Å². The summed E-state index contributed by atoms with van der Waals surface area (Å²) in [5.41, 5.74) is 1.53. The molecular weight excluding hydrogens is 284 g/mol. The second kappa shape index (κ2) is 7.87. The number of aromatic hydroxyl groups is 2. The van der Waals surface area contributed by atoms with Crippen molar-refractivity contribution in [1.29, 1.82) is 0 Å². The molecule has 0 aliphatic rings. The minimum atomic E-state index is -0.397. The molecule has 118 valence electrons. The third-order valence-corrected chi connectivity index (χ3v) is 3.04. The zero-order valence-corrected chi connectivity index (χ0v) is 12.6. The highest BCUT2D eigenvalue weighted by Crippen LogP contribution is 2.33. The first-order chi connectivity index (χ1) is 10.4. The fourth-order valence-corrected chi connectivity index (χ4v) is 1.85. The van der Waals surface area contributed by atoms with Gasteiger partial charge >= 0.3 is 0 Å². The monoisotopic (exact) mass is 304 g/mol. The van der Waals surface area contributed by atoms with Crippen molar-refractivity contribution in [2.24, 2.45) is 0 Å². The summed E-state index contributed by atoms with van der Waals surface area (Å²) in [6, 6.07) is 1.66. The number of amides is 2. The summed E-state index contributed by atoms with van der Waals surface area (Å²) < 4.78 is 0. The van der Waals surface area contributed by atoms with E-state index in [-0.39, 0.29) is 36.1 Å². The van der Waals surface area contributed by atoms with Gasteiger partial charge in [0, 0.05) is 12.6 Å². The van der Waals surface area contributed by atoms with Gasteiger partial charge in [0.15, 0.2) is 0 Å². The lowest BCUT2D eigenvalue weighted by Gasteiger charge is -2.12. The van der Waals surface area contributed by atoms with Crippen molar-refractivity contribution in [3.8, 4) is 11.5 Å². The molecule has 0 spiro atoms. The van der Waals surface area contributed by atoms with Crippen LogP contribution in [-0.2, 0) is 16.1 Å². The summed E-state index contributed by atoms with van der Waals surface area (Å²) in [5.74, 6) is -0.794. The zero-order chi connectivity index (χ0) is 16.7. The number of aryl methyl sites for hydroxylation is 2. The Morgan fingerprint density at radius 2 is 1.73 bits per heavy atom. The van der Waals surface area contributed by atoms with Crippen LogP contribution in [0.2, 0.25) is 0 Å². The molecule has 0 fully saturated rings. The van der Waals surface area contributed by atoms with Crippen molar-refractivity contribution in [3.63, 3.8) is 0 Å². The van der Waals surface area contributed by atoms with E-state index in [9.17, 15) is 19.8 Å². The summed E-state index contributed by atoms with van der Waals surface area (Å²) >= 11 is 0. The predicted molar refractivity (Wildman–Crippen MR) is 83.4 cm³/mol. The van der Waals surface area contributed by atoms with Gasteiger partial charge in [-0.05, 0) is 37.1 Å². The molecule has 2 amide bonds. The normalized spacial score (nSPS) is 10.5. The van der Waals surface area contributed by atoms with Gasteiger partial charge in [0.25, 0.3) is 0 Å². The van der Waals surface area contributed by atoms with Crippen LogP contribution in [0.1, 0.15) is 16.7 Å². The summed E-state index contributed by atoms with van der Waals surface area (Å²) in [6.45, 7) is 6.95. The van der Waals surface area contributed by atoms with Crippen LogP contribution < -0.4 is 10.6 Å². The summed E-state index contributed by atoms with van der Waals surface area (Å²) in [4.78, 5) is 22.5. The fraction of sp³-hybridized carbons (Fsp3) is 0.250. The van der Waals surface area contributed by atoms with E-state index in [1.54, 1.807) is 19.9 Å². The predicted octanol–water partition coefficient (Wildman–Crippen LogP) is 1.19. The lowest BCUT2D eigenvalue weighted by atomic mass is 10.0. The first-order valence-electron chi connectivity index (χ1n) is 6.72. The molecule has 4 N–H and O–H groups in total. The molecule has 1 aromatic carbocycles. The van der Waals surface area contributed by atoms with E-state index >= 15 is 0 Å². The van der Waals surface area contributed by atoms with E-state index in [1.165, 1.54) is 12.2 Å². The zero-order valence-electron chi connectivity index (χ0n) is 12.6. The molecule has 0 saturated carbocycles. The van der Waals surface area contributed by atoms with Gasteiger partial charge in [-0.2, -0.15) is 0 Å². The number of carbonyl (C=O) groups is 2. The van der Waals surface area contributed by atoms with Gasteiger partial charge in [0.2, 0.25) is 11.8 Å². The Bertz CT molecular complexity index is 595. The highest BCUT2D eigenvalue weighted by Gasteiger charge is 2.13. The molecule has 0 saturated heterocycles. The SMILES string of the molecule is C=CC(=O)NC/C=C/C(=O)NCc1c(O)c(C)cc(C)c1O. The number of benzene rings is 1. The molecule has 6 heteroatoms. The minimum absolute atomic E-state index is 0.00236. The van der Waals surface area contributed by atoms with Crippen molar-refractivity contribution in [1.82, 2.24) is 10.6 Å². The quantitative estimate of drug-likeness (QED) is 0.593. The Morgan fingerprint density at radius 1 is 1.14 bits per heavy atom. The maximum absolute atomic E-state index is 11.6. The van der Waals surface area contributed by atoms with Gasteiger partial charge in [-0.15, -0.1) is 0 Å². The highest BCUT2D eigenvalue weighted by molar-refractivity contribution is 5.88. The van der Waals surface area contributed by atoms with Gasteiger partial charge in [-0.25, -0.2) is 0 Å².